The molecule has 0 aromatic heterocycles. The molecule has 1 aliphatic rings. The fraction of sp³-hybridized carbons (Fsp3) is 0.467. The quantitative estimate of drug-likeness (QED) is 0.820. The number of Topliss-reactive ketones (excluding diaryl/α,β-unsaturated/α-hetero) is 1. The van der Waals surface area contributed by atoms with Gasteiger partial charge < -0.3 is 4.90 Å². The second-order valence-corrected chi connectivity index (χ2v) is 5.40. The van der Waals surface area contributed by atoms with Crippen molar-refractivity contribution in [2.75, 3.05) is 6.54 Å². The molecular formula is C15H19NO2. The highest BCUT2D eigenvalue weighted by Gasteiger charge is 2.44. The van der Waals surface area contributed by atoms with Gasteiger partial charge in [0.1, 0.15) is 5.78 Å². The third-order valence-corrected chi connectivity index (χ3v) is 3.98. The highest BCUT2D eigenvalue weighted by molar-refractivity contribution is 5.92. The number of carbonyl (C=O) groups excluding carboxylic acids is 2. The Morgan fingerprint density at radius 2 is 1.94 bits per heavy atom. The molecule has 1 fully saturated rings. The van der Waals surface area contributed by atoms with Crippen LogP contribution in [0.1, 0.15) is 38.8 Å². The van der Waals surface area contributed by atoms with Crippen LogP contribution in [0.5, 0.6) is 0 Å². The van der Waals surface area contributed by atoms with E-state index in [-0.39, 0.29) is 17.7 Å². The van der Waals surface area contributed by atoms with Crippen LogP contribution in [-0.2, 0) is 9.59 Å². The topological polar surface area (TPSA) is 37.4 Å². The summed E-state index contributed by atoms with van der Waals surface area (Å²) in [5, 5.41) is 0. The van der Waals surface area contributed by atoms with Crippen LogP contribution in [0.3, 0.4) is 0 Å². The van der Waals surface area contributed by atoms with Crippen molar-refractivity contribution >= 4 is 11.7 Å². The van der Waals surface area contributed by atoms with Crippen LogP contribution in [0.25, 0.3) is 0 Å². The molecule has 0 unspecified atom stereocenters. The highest BCUT2D eigenvalue weighted by atomic mass is 16.2. The first-order valence-corrected chi connectivity index (χ1v) is 6.29. The van der Waals surface area contributed by atoms with Crippen molar-refractivity contribution in [3.8, 4) is 0 Å². The first-order chi connectivity index (χ1) is 8.44. The molecule has 1 aromatic rings. The number of rotatable bonds is 3. The molecule has 0 N–H and O–H groups in total. The summed E-state index contributed by atoms with van der Waals surface area (Å²) in [6, 6.07) is 9.96. The first kappa shape index (κ1) is 12.8. The highest BCUT2D eigenvalue weighted by Crippen LogP contribution is 2.36. The van der Waals surface area contributed by atoms with E-state index in [1.807, 2.05) is 49.1 Å². The van der Waals surface area contributed by atoms with E-state index in [0.29, 0.717) is 13.0 Å². The molecule has 2 rings (SSSR count). The number of ketones is 1. The maximum absolute atomic E-state index is 12.1. The zero-order chi connectivity index (χ0) is 13.3. The van der Waals surface area contributed by atoms with Crippen LogP contribution < -0.4 is 0 Å². The van der Waals surface area contributed by atoms with Gasteiger partial charge in [-0.05, 0) is 19.4 Å². The van der Waals surface area contributed by atoms with Gasteiger partial charge in [-0.25, -0.2) is 0 Å². The van der Waals surface area contributed by atoms with Gasteiger partial charge in [0.05, 0.1) is 11.5 Å². The minimum Gasteiger partial charge on any atom is -0.335 e. The average molecular weight is 245 g/mol. The lowest BCUT2D eigenvalue weighted by Gasteiger charge is -2.27. The van der Waals surface area contributed by atoms with E-state index < -0.39 is 5.41 Å². The first-order valence-electron chi connectivity index (χ1n) is 6.29. The SMILES string of the molecule is CC(=O)[C@@]1(C)CC(=O)N([C@H](C)c2ccccc2)C1. The van der Waals surface area contributed by atoms with Crippen molar-refractivity contribution < 1.29 is 9.59 Å². The van der Waals surface area contributed by atoms with E-state index in [1.165, 1.54) is 0 Å². The number of likely N-dealkylation sites (tertiary alicyclic amines) is 1. The third kappa shape index (κ3) is 2.17. The average Bonchev–Trinajstić information content (AvgIpc) is 2.66. The largest absolute Gasteiger partial charge is 0.335 e. The Bertz CT molecular complexity index is 469. The molecule has 3 nitrogen and oxygen atoms in total. The fourth-order valence-corrected chi connectivity index (χ4v) is 2.46. The van der Waals surface area contributed by atoms with Crippen LogP contribution in [0.15, 0.2) is 30.3 Å². The van der Waals surface area contributed by atoms with E-state index in [4.69, 9.17) is 0 Å². The monoisotopic (exact) mass is 245 g/mol. The molecule has 2 atom stereocenters. The summed E-state index contributed by atoms with van der Waals surface area (Å²) in [7, 11) is 0. The Balaban J connectivity index is 2.21. The summed E-state index contributed by atoms with van der Waals surface area (Å²) < 4.78 is 0. The summed E-state index contributed by atoms with van der Waals surface area (Å²) in [4.78, 5) is 25.5. The number of hydrogen-bond acceptors (Lipinski definition) is 2. The lowest BCUT2D eigenvalue weighted by Crippen LogP contribution is -2.32. The predicted octanol–water partition coefficient (Wildman–Crippen LogP) is 2.58. The standard InChI is InChI=1S/C15H19NO2/c1-11(13-7-5-4-6-8-13)16-10-15(3,12(2)17)9-14(16)18/h4-8,11H,9-10H2,1-3H3/t11-,15+/m1/s1. The molecule has 0 bridgehead atoms. The molecule has 96 valence electrons. The molecule has 0 saturated carbocycles. The van der Waals surface area contributed by atoms with Gasteiger partial charge in [0.2, 0.25) is 5.91 Å². The molecule has 1 aliphatic heterocycles. The van der Waals surface area contributed by atoms with Crippen molar-refractivity contribution in [3.05, 3.63) is 35.9 Å². The van der Waals surface area contributed by atoms with Crippen molar-refractivity contribution in [2.45, 2.75) is 33.2 Å². The van der Waals surface area contributed by atoms with Crippen molar-refractivity contribution in [1.82, 2.24) is 4.90 Å². The van der Waals surface area contributed by atoms with Crippen molar-refractivity contribution in [2.24, 2.45) is 5.41 Å². The minimum atomic E-state index is -0.514. The molecule has 0 radical (unpaired) electrons. The Hall–Kier alpha value is -1.64. The van der Waals surface area contributed by atoms with Gasteiger partial charge >= 0.3 is 0 Å². The Kier molecular flexibility index (Phi) is 3.24. The lowest BCUT2D eigenvalue weighted by atomic mass is 9.85. The predicted molar refractivity (Wildman–Crippen MR) is 70.0 cm³/mol. The van der Waals surface area contributed by atoms with E-state index in [2.05, 4.69) is 0 Å². The van der Waals surface area contributed by atoms with Crippen LogP contribution in [0.4, 0.5) is 0 Å². The summed E-state index contributed by atoms with van der Waals surface area (Å²) >= 11 is 0. The second kappa shape index (κ2) is 4.56. The Morgan fingerprint density at radius 3 is 2.44 bits per heavy atom. The van der Waals surface area contributed by atoms with Gasteiger partial charge in [-0.3, -0.25) is 9.59 Å². The van der Waals surface area contributed by atoms with Crippen molar-refractivity contribution in [3.63, 3.8) is 0 Å². The second-order valence-electron chi connectivity index (χ2n) is 5.40. The number of amides is 1. The van der Waals surface area contributed by atoms with E-state index >= 15 is 0 Å². The molecule has 1 amide bonds. The number of carbonyl (C=O) groups is 2. The van der Waals surface area contributed by atoms with Crippen LogP contribution in [-0.4, -0.2) is 23.1 Å². The third-order valence-electron chi connectivity index (χ3n) is 3.98. The molecule has 0 aliphatic carbocycles. The Morgan fingerprint density at radius 1 is 1.33 bits per heavy atom. The molecular weight excluding hydrogens is 226 g/mol. The maximum Gasteiger partial charge on any atom is 0.224 e. The van der Waals surface area contributed by atoms with Gasteiger partial charge in [-0.15, -0.1) is 0 Å². The molecule has 1 heterocycles. The molecule has 0 spiro atoms. The summed E-state index contributed by atoms with van der Waals surface area (Å²) in [6.45, 7) is 5.99. The minimum absolute atomic E-state index is 0.0277. The number of nitrogens with zero attached hydrogens (tertiary/aromatic N) is 1. The summed E-state index contributed by atoms with van der Waals surface area (Å²) in [6.07, 6.45) is 0.333. The van der Waals surface area contributed by atoms with Crippen LogP contribution >= 0.6 is 0 Å². The van der Waals surface area contributed by atoms with Gasteiger partial charge in [-0.2, -0.15) is 0 Å². The number of hydrogen-bond donors (Lipinski definition) is 0. The molecule has 18 heavy (non-hydrogen) atoms. The van der Waals surface area contributed by atoms with E-state index in [9.17, 15) is 9.59 Å². The van der Waals surface area contributed by atoms with Gasteiger partial charge in [-0.1, -0.05) is 37.3 Å². The zero-order valence-corrected chi connectivity index (χ0v) is 11.1. The smallest absolute Gasteiger partial charge is 0.224 e. The maximum atomic E-state index is 12.1. The molecule has 1 aromatic carbocycles. The number of benzene rings is 1. The lowest BCUT2D eigenvalue weighted by molar-refractivity contribution is -0.130. The molecule has 3 heteroatoms. The van der Waals surface area contributed by atoms with Gasteiger partial charge in [0.25, 0.3) is 0 Å². The summed E-state index contributed by atoms with van der Waals surface area (Å²) in [5.41, 5.74) is 0.596. The van der Waals surface area contributed by atoms with Gasteiger partial charge in [0.15, 0.2) is 0 Å². The van der Waals surface area contributed by atoms with Crippen LogP contribution in [0.2, 0.25) is 0 Å². The normalized spacial score (nSPS) is 25.3. The van der Waals surface area contributed by atoms with E-state index in [1.54, 1.807) is 6.92 Å². The molecule has 1 saturated heterocycles. The zero-order valence-electron chi connectivity index (χ0n) is 11.1. The summed E-state index contributed by atoms with van der Waals surface area (Å²) in [5.74, 6) is 0.169. The van der Waals surface area contributed by atoms with Crippen molar-refractivity contribution in [1.29, 1.82) is 0 Å². The van der Waals surface area contributed by atoms with Crippen LogP contribution in [0, 0.1) is 5.41 Å². The van der Waals surface area contributed by atoms with E-state index in [0.717, 1.165) is 5.56 Å². The Labute approximate surface area is 108 Å². The van der Waals surface area contributed by atoms with Gasteiger partial charge in [0, 0.05) is 13.0 Å². The fourth-order valence-electron chi connectivity index (χ4n) is 2.46.